The summed E-state index contributed by atoms with van der Waals surface area (Å²) in [4.78, 5) is -0.667. The summed E-state index contributed by atoms with van der Waals surface area (Å²) < 4.78 is 55.1. The molecule has 1 heterocycles. The number of nitrogens with zero attached hydrogens (tertiary/aromatic N) is 2. The summed E-state index contributed by atoms with van der Waals surface area (Å²) in [6.07, 6.45) is 0. The minimum atomic E-state index is -4.22. The molecule has 9 heteroatoms. The molecule has 0 fully saturated rings. The predicted molar refractivity (Wildman–Crippen MR) is 88.2 cm³/mol. The first-order valence-corrected chi connectivity index (χ1v) is 8.77. The lowest BCUT2D eigenvalue weighted by Crippen LogP contribution is -2.13. The minimum absolute atomic E-state index is 0.132. The molecular weight excluding hydrogens is 364 g/mol. The van der Waals surface area contributed by atoms with Crippen LogP contribution in [-0.2, 0) is 16.7 Å². The van der Waals surface area contributed by atoms with E-state index < -0.39 is 27.4 Å². The third-order valence-corrected chi connectivity index (χ3v) is 4.64. The summed E-state index contributed by atoms with van der Waals surface area (Å²) >= 11 is 0. The fourth-order valence-corrected chi connectivity index (χ4v) is 3.09. The molecule has 0 spiro atoms. The molecule has 6 nitrogen and oxygen atoms in total. The Bertz CT molecular complexity index is 1120. The van der Waals surface area contributed by atoms with Crippen molar-refractivity contribution in [2.45, 2.75) is 11.6 Å². The second-order valence-electron chi connectivity index (χ2n) is 5.34. The van der Waals surface area contributed by atoms with Crippen molar-refractivity contribution in [3.05, 3.63) is 59.6 Å². The summed E-state index contributed by atoms with van der Waals surface area (Å²) in [5.74, 6) is -1.20. The molecule has 0 bridgehead atoms. The fraction of sp³-hybridized carbons (Fsp3) is 0.0588. The number of aromatic nitrogens is 1. The van der Waals surface area contributed by atoms with Crippen LogP contribution in [-0.4, -0.2) is 13.6 Å². The first-order chi connectivity index (χ1) is 12.3. The van der Waals surface area contributed by atoms with E-state index >= 15 is 0 Å². The lowest BCUT2D eigenvalue weighted by atomic mass is 9.98. The smallest absolute Gasteiger partial charge is 0.240 e. The van der Waals surface area contributed by atoms with Gasteiger partial charge in [0.05, 0.1) is 17.2 Å². The van der Waals surface area contributed by atoms with Gasteiger partial charge in [-0.05, 0) is 29.8 Å². The van der Waals surface area contributed by atoms with Crippen molar-refractivity contribution in [3.63, 3.8) is 0 Å². The maximum Gasteiger partial charge on any atom is 0.240 e. The van der Waals surface area contributed by atoms with Gasteiger partial charge in [0.2, 0.25) is 10.0 Å². The van der Waals surface area contributed by atoms with Gasteiger partial charge in [-0.2, -0.15) is 5.26 Å². The number of halogens is 2. The monoisotopic (exact) mass is 375 g/mol. The number of hydrogen-bond donors (Lipinski definition) is 1. The highest BCUT2D eigenvalue weighted by Gasteiger charge is 2.22. The van der Waals surface area contributed by atoms with E-state index in [1.54, 1.807) is 24.3 Å². The van der Waals surface area contributed by atoms with Crippen LogP contribution in [0.4, 0.5) is 8.78 Å². The van der Waals surface area contributed by atoms with E-state index in [0.29, 0.717) is 11.1 Å². The molecule has 3 aromatic rings. The fourth-order valence-electron chi connectivity index (χ4n) is 2.50. The molecule has 0 radical (unpaired) electrons. The molecule has 26 heavy (non-hydrogen) atoms. The van der Waals surface area contributed by atoms with Gasteiger partial charge in [0.25, 0.3) is 0 Å². The highest BCUT2D eigenvalue weighted by Crippen LogP contribution is 2.36. The maximum absolute atomic E-state index is 14.2. The molecule has 2 N–H and O–H groups in total. The normalized spacial score (nSPS) is 11.3. The lowest BCUT2D eigenvalue weighted by molar-refractivity contribution is 0.332. The molecule has 2 aromatic carbocycles. The van der Waals surface area contributed by atoms with Crippen LogP contribution < -0.4 is 5.14 Å². The number of nitriles is 1. The van der Waals surface area contributed by atoms with Crippen molar-refractivity contribution in [1.29, 1.82) is 5.26 Å². The zero-order valence-corrected chi connectivity index (χ0v) is 13.9. The molecule has 0 aliphatic carbocycles. The molecule has 0 amide bonds. The van der Waals surface area contributed by atoms with Crippen molar-refractivity contribution in [3.8, 4) is 28.5 Å². The van der Waals surface area contributed by atoms with Crippen LogP contribution in [0.15, 0.2) is 51.9 Å². The lowest BCUT2D eigenvalue weighted by Gasteiger charge is -2.06. The zero-order valence-electron chi connectivity index (χ0n) is 13.1. The van der Waals surface area contributed by atoms with Crippen molar-refractivity contribution in [1.82, 2.24) is 5.16 Å². The van der Waals surface area contributed by atoms with Crippen molar-refractivity contribution < 1.29 is 21.7 Å². The molecular formula is C17H11F2N3O3S. The van der Waals surface area contributed by atoms with Crippen LogP contribution in [0, 0.1) is 17.1 Å². The van der Waals surface area contributed by atoms with Gasteiger partial charge in [0.1, 0.15) is 16.4 Å². The van der Waals surface area contributed by atoms with Crippen LogP contribution in [0.3, 0.4) is 0 Å². The molecule has 0 aliphatic rings. The van der Waals surface area contributed by atoms with Gasteiger partial charge in [0, 0.05) is 5.56 Å². The van der Waals surface area contributed by atoms with Crippen LogP contribution >= 0.6 is 0 Å². The van der Waals surface area contributed by atoms with E-state index in [9.17, 15) is 17.2 Å². The van der Waals surface area contributed by atoms with Crippen LogP contribution in [0.2, 0.25) is 0 Å². The van der Waals surface area contributed by atoms with Gasteiger partial charge in [0.15, 0.2) is 12.4 Å². The van der Waals surface area contributed by atoms with Crippen LogP contribution in [0.1, 0.15) is 11.3 Å². The molecule has 132 valence electrons. The van der Waals surface area contributed by atoms with Gasteiger partial charge < -0.3 is 4.52 Å². The number of benzene rings is 2. The van der Waals surface area contributed by atoms with E-state index in [1.807, 2.05) is 6.07 Å². The Labute approximate surface area is 147 Å². The Morgan fingerprint density at radius 1 is 1.15 bits per heavy atom. The summed E-state index contributed by atoms with van der Waals surface area (Å²) in [5.41, 5.74) is 1.57. The summed E-state index contributed by atoms with van der Waals surface area (Å²) in [6.45, 7) is -0.989. The molecule has 0 unspecified atom stereocenters. The summed E-state index contributed by atoms with van der Waals surface area (Å²) in [6, 6.07) is 11.5. The molecule has 0 saturated heterocycles. The first-order valence-electron chi connectivity index (χ1n) is 7.23. The average molecular weight is 375 g/mol. The van der Waals surface area contributed by atoms with Crippen molar-refractivity contribution in [2.75, 3.05) is 0 Å². The number of rotatable bonds is 4. The molecule has 0 saturated carbocycles. The summed E-state index contributed by atoms with van der Waals surface area (Å²) in [5, 5.41) is 17.6. The van der Waals surface area contributed by atoms with E-state index in [1.165, 1.54) is 6.07 Å². The Balaban J connectivity index is 2.17. The molecule has 0 aliphatic heterocycles. The second kappa shape index (κ2) is 6.67. The number of nitrogens with two attached hydrogens (primary N) is 1. The molecule has 1 aromatic heterocycles. The van der Waals surface area contributed by atoms with Gasteiger partial charge >= 0.3 is 0 Å². The van der Waals surface area contributed by atoms with Crippen LogP contribution in [0.25, 0.3) is 22.4 Å². The maximum atomic E-state index is 14.2. The standard InChI is InChI=1S/C17H11F2N3O3S/c18-8-14-16(12-5-6-15(13(19)7-12)26(21,23)24)17(22-25-14)11-3-1-10(9-20)2-4-11/h1-7H,8H2,(H2,21,23,24). The SMILES string of the molecule is N#Cc1ccc(-c2noc(CF)c2-c2ccc(S(N)(=O)=O)c(F)c2)cc1. The Morgan fingerprint density at radius 2 is 1.81 bits per heavy atom. The van der Waals surface area contributed by atoms with Gasteiger partial charge in [-0.15, -0.1) is 0 Å². The number of hydrogen-bond acceptors (Lipinski definition) is 5. The van der Waals surface area contributed by atoms with Gasteiger partial charge in [-0.25, -0.2) is 22.3 Å². The number of primary sulfonamides is 1. The molecule has 3 rings (SSSR count). The van der Waals surface area contributed by atoms with Crippen LogP contribution in [0.5, 0.6) is 0 Å². The second-order valence-corrected chi connectivity index (χ2v) is 6.87. The van der Waals surface area contributed by atoms with E-state index in [2.05, 4.69) is 5.16 Å². The third-order valence-electron chi connectivity index (χ3n) is 3.70. The Morgan fingerprint density at radius 3 is 2.35 bits per heavy atom. The highest BCUT2D eigenvalue weighted by molar-refractivity contribution is 7.89. The van der Waals surface area contributed by atoms with E-state index in [0.717, 1.165) is 12.1 Å². The quantitative estimate of drug-likeness (QED) is 0.753. The highest BCUT2D eigenvalue weighted by atomic mass is 32.2. The average Bonchev–Trinajstić information content (AvgIpc) is 3.04. The zero-order chi connectivity index (χ0) is 18.9. The van der Waals surface area contributed by atoms with Crippen molar-refractivity contribution in [2.24, 2.45) is 5.14 Å². The van der Waals surface area contributed by atoms with Gasteiger partial charge in [-0.3, -0.25) is 0 Å². The molecule has 0 atom stereocenters. The first kappa shape index (κ1) is 17.7. The topological polar surface area (TPSA) is 110 Å². The Hall–Kier alpha value is -3.09. The number of alkyl halides is 1. The minimum Gasteiger partial charge on any atom is -0.357 e. The number of sulfonamides is 1. The largest absolute Gasteiger partial charge is 0.357 e. The Kier molecular flexibility index (Phi) is 4.54. The van der Waals surface area contributed by atoms with Crippen molar-refractivity contribution >= 4 is 10.0 Å². The van der Waals surface area contributed by atoms with Gasteiger partial charge in [-0.1, -0.05) is 23.4 Å². The van der Waals surface area contributed by atoms with E-state index in [4.69, 9.17) is 14.9 Å². The third kappa shape index (κ3) is 3.20. The summed E-state index contributed by atoms with van der Waals surface area (Å²) in [7, 11) is -4.22. The predicted octanol–water partition coefficient (Wildman–Crippen LogP) is 3.14. The van der Waals surface area contributed by atoms with E-state index in [-0.39, 0.29) is 22.6 Å².